The monoisotopic (exact) mass is 339 g/mol. The summed E-state index contributed by atoms with van der Waals surface area (Å²) in [4.78, 5) is 25.7. The third-order valence-corrected chi connectivity index (χ3v) is 5.32. The second-order valence-corrected chi connectivity index (χ2v) is 7.48. The fourth-order valence-corrected chi connectivity index (χ4v) is 3.85. The van der Waals surface area contributed by atoms with Gasteiger partial charge in [0.25, 0.3) is 0 Å². The Morgan fingerprint density at radius 1 is 1.21 bits per heavy atom. The number of urea groups is 1. The zero-order chi connectivity index (χ0) is 17.5. The van der Waals surface area contributed by atoms with E-state index in [2.05, 4.69) is 24.5 Å². The zero-order valence-electron chi connectivity index (χ0n) is 15.3. The summed E-state index contributed by atoms with van der Waals surface area (Å²) < 4.78 is 5.89. The molecule has 138 valence electrons. The quantitative estimate of drug-likeness (QED) is 0.805. The second kappa shape index (κ2) is 9.25. The van der Waals surface area contributed by atoms with Crippen molar-refractivity contribution in [2.24, 2.45) is 17.8 Å². The van der Waals surface area contributed by atoms with Gasteiger partial charge in [-0.25, -0.2) is 4.79 Å². The van der Waals surface area contributed by atoms with E-state index in [-0.39, 0.29) is 18.0 Å². The van der Waals surface area contributed by atoms with E-state index in [1.165, 1.54) is 0 Å². The van der Waals surface area contributed by atoms with Crippen molar-refractivity contribution < 1.29 is 14.3 Å². The molecule has 3 amide bonds. The Morgan fingerprint density at radius 3 is 2.54 bits per heavy atom. The maximum atomic E-state index is 12.4. The van der Waals surface area contributed by atoms with Crippen molar-refractivity contribution in [3.63, 3.8) is 0 Å². The Balaban J connectivity index is 1.72. The summed E-state index contributed by atoms with van der Waals surface area (Å²) in [6, 6.07) is 0.0291. The van der Waals surface area contributed by atoms with Crippen molar-refractivity contribution in [1.29, 1.82) is 0 Å². The van der Waals surface area contributed by atoms with Gasteiger partial charge in [0.05, 0.1) is 6.10 Å². The Bertz CT molecular complexity index is 420. The van der Waals surface area contributed by atoms with E-state index in [1.807, 2.05) is 4.90 Å². The highest BCUT2D eigenvalue weighted by molar-refractivity contribution is 5.76. The van der Waals surface area contributed by atoms with Gasteiger partial charge in [0.15, 0.2) is 0 Å². The number of hydrogen-bond donors (Lipinski definition) is 2. The van der Waals surface area contributed by atoms with Gasteiger partial charge in [0, 0.05) is 45.6 Å². The SMILES string of the molecule is CNC(=O)CC1CCN(C(=O)NC[C@H]2CCCO[C@H]2C(C)C)CC1. The van der Waals surface area contributed by atoms with Gasteiger partial charge in [0.1, 0.15) is 0 Å². The number of piperidine rings is 1. The summed E-state index contributed by atoms with van der Waals surface area (Å²) in [5, 5.41) is 5.77. The van der Waals surface area contributed by atoms with Crippen LogP contribution in [0.2, 0.25) is 0 Å². The predicted molar refractivity (Wildman–Crippen MR) is 93.7 cm³/mol. The van der Waals surface area contributed by atoms with Gasteiger partial charge in [-0.2, -0.15) is 0 Å². The van der Waals surface area contributed by atoms with Crippen molar-refractivity contribution in [2.75, 3.05) is 33.3 Å². The van der Waals surface area contributed by atoms with Gasteiger partial charge >= 0.3 is 6.03 Å². The highest BCUT2D eigenvalue weighted by atomic mass is 16.5. The minimum atomic E-state index is 0.0291. The minimum Gasteiger partial charge on any atom is -0.378 e. The largest absolute Gasteiger partial charge is 0.378 e. The van der Waals surface area contributed by atoms with Crippen LogP contribution in [0.4, 0.5) is 4.79 Å². The van der Waals surface area contributed by atoms with Gasteiger partial charge in [-0.3, -0.25) is 4.79 Å². The van der Waals surface area contributed by atoms with Crippen molar-refractivity contribution >= 4 is 11.9 Å². The van der Waals surface area contributed by atoms with Crippen LogP contribution in [0.25, 0.3) is 0 Å². The standard InChI is InChI=1S/C18H33N3O3/c1-13(2)17-15(5-4-10-24-17)12-20-18(23)21-8-6-14(7-9-21)11-16(22)19-3/h13-15,17H,4-12H2,1-3H3,(H,19,22)(H,20,23)/t15-,17+/m1/s1. The van der Waals surface area contributed by atoms with Crippen molar-refractivity contribution in [1.82, 2.24) is 15.5 Å². The fourth-order valence-electron chi connectivity index (χ4n) is 3.85. The van der Waals surface area contributed by atoms with E-state index in [0.717, 1.165) is 45.4 Å². The smallest absolute Gasteiger partial charge is 0.317 e. The molecule has 0 aromatic heterocycles. The molecule has 0 bridgehead atoms. The molecule has 2 N–H and O–H groups in total. The third kappa shape index (κ3) is 5.36. The van der Waals surface area contributed by atoms with Crippen LogP contribution >= 0.6 is 0 Å². The summed E-state index contributed by atoms with van der Waals surface area (Å²) >= 11 is 0. The number of likely N-dealkylation sites (tertiary alicyclic amines) is 1. The van der Waals surface area contributed by atoms with Gasteiger partial charge in [-0.1, -0.05) is 13.8 Å². The number of ether oxygens (including phenoxy) is 1. The molecule has 24 heavy (non-hydrogen) atoms. The summed E-state index contributed by atoms with van der Waals surface area (Å²) in [7, 11) is 1.67. The Hall–Kier alpha value is -1.30. The highest BCUT2D eigenvalue weighted by Gasteiger charge is 2.30. The number of hydrogen-bond acceptors (Lipinski definition) is 3. The molecule has 2 atom stereocenters. The molecule has 0 saturated carbocycles. The minimum absolute atomic E-state index is 0.0291. The molecule has 0 radical (unpaired) electrons. The van der Waals surface area contributed by atoms with Crippen LogP contribution in [0.1, 0.15) is 46.0 Å². The molecule has 2 aliphatic rings. The van der Waals surface area contributed by atoms with E-state index in [0.29, 0.717) is 30.7 Å². The average molecular weight is 339 g/mol. The molecule has 2 rings (SSSR count). The van der Waals surface area contributed by atoms with Crippen molar-refractivity contribution in [3.05, 3.63) is 0 Å². The lowest BCUT2D eigenvalue weighted by molar-refractivity contribution is -0.121. The van der Waals surface area contributed by atoms with Gasteiger partial charge in [-0.15, -0.1) is 0 Å². The van der Waals surface area contributed by atoms with Crippen molar-refractivity contribution in [2.45, 2.75) is 52.1 Å². The molecule has 2 aliphatic heterocycles. The molecule has 0 aromatic rings. The lowest BCUT2D eigenvalue weighted by Crippen LogP contribution is -2.48. The maximum Gasteiger partial charge on any atom is 0.317 e. The Kier molecular flexibility index (Phi) is 7.34. The van der Waals surface area contributed by atoms with Gasteiger partial charge < -0.3 is 20.3 Å². The molecule has 0 aromatic carbocycles. The van der Waals surface area contributed by atoms with Crippen molar-refractivity contribution in [3.8, 4) is 0 Å². The van der Waals surface area contributed by atoms with Gasteiger partial charge in [-0.05, 0) is 37.5 Å². The van der Waals surface area contributed by atoms with Crippen LogP contribution in [-0.2, 0) is 9.53 Å². The maximum absolute atomic E-state index is 12.4. The Morgan fingerprint density at radius 2 is 1.92 bits per heavy atom. The number of rotatable bonds is 5. The Labute approximate surface area is 145 Å². The van der Waals surface area contributed by atoms with Crippen LogP contribution in [0.5, 0.6) is 0 Å². The second-order valence-electron chi connectivity index (χ2n) is 7.48. The number of nitrogens with zero attached hydrogens (tertiary/aromatic N) is 1. The first-order valence-corrected chi connectivity index (χ1v) is 9.36. The first kappa shape index (κ1) is 19.0. The molecule has 2 heterocycles. The zero-order valence-corrected chi connectivity index (χ0v) is 15.3. The topological polar surface area (TPSA) is 70.7 Å². The summed E-state index contributed by atoms with van der Waals surface area (Å²) in [5.74, 6) is 1.38. The molecule has 2 saturated heterocycles. The lowest BCUT2D eigenvalue weighted by atomic mass is 9.87. The third-order valence-electron chi connectivity index (χ3n) is 5.32. The normalized spacial score (nSPS) is 25.6. The summed E-state index contributed by atoms with van der Waals surface area (Å²) in [6.45, 7) is 7.38. The lowest BCUT2D eigenvalue weighted by Gasteiger charge is -2.36. The van der Waals surface area contributed by atoms with Crippen LogP contribution in [0.15, 0.2) is 0 Å². The van der Waals surface area contributed by atoms with E-state index in [9.17, 15) is 9.59 Å². The molecule has 0 spiro atoms. The molecular formula is C18H33N3O3. The molecule has 0 unspecified atom stereocenters. The number of carbonyl (C=O) groups excluding carboxylic acids is 2. The molecule has 0 aliphatic carbocycles. The number of nitrogens with one attached hydrogen (secondary N) is 2. The highest BCUT2D eigenvalue weighted by Crippen LogP contribution is 2.26. The summed E-state index contributed by atoms with van der Waals surface area (Å²) in [5.41, 5.74) is 0. The molecule has 2 fully saturated rings. The molecule has 6 nitrogen and oxygen atoms in total. The van der Waals surface area contributed by atoms with Crippen LogP contribution < -0.4 is 10.6 Å². The van der Waals surface area contributed by atoms with E-state index in [1.54, 1.807) is 7.05 Å². The van der Waals surface area contributed by atoms with E-state index < -0.39 is 0 Å². The predicted octanol–water partition coefficient (Wildman–Crippen LogP) is 2.00. The van der Waals surface area contributed by atoms with Gasteiger partial charge in [0.2, 0.25) is 5.91 Å². The van der Waals surface area contributed by atoms with Crippen LogP contribution in [0, 0.1) is 17.8 Å². The van der Waals surface area contributed by atoms with E-state index in [4.69, 9.17) is 4.74 Å². The first-order chi connectivity index (χ1) is 11.5. The number of amides is 3. The van der Waals surface area contributed by atoms with Crippen LogP contribution in [-0.4, -0.2) is 56.2 Å². The summed E-state index contributed by atoms with van der Waals surface area (Å²) in [6.07, 6.45) is 4.83. The average Bonchev–Trinajstić information content (AvgIpc) is 2.60. The fraction of sp³-hybridized carbons (Fsp3) is 0.889. The molecular weight excluding hydrogens is 306 g/mol. The first-order valence-electron chi connectivity index (χ1n) is 9.36. The van der Waals surface area contributed by atoms with Crippen LogP contribution in [0.3, 0.4) is 0 Å². The number of carbonyl (C=O) groups is 2. The van der Waals surface area contributed by atoms with E-state index >= 15 is 0 Å². The molecule has 6 heteroatoms.